The molecule has 164 valence electrons. The van der Waals surface area contributed by atoms with Crippen LogP contribution < -0.4 is 0 Å². The van der Waals surface area contributed by atoms with E-state index in [1.54, 1.807) is 6.33 Å². The molecule has 0 saturated carbocycles. The van der Waals surface area contributed by atoms with Crippen LogP contribution >= 0.6 is 0 Å². The average molecular weight is 440 g/mol. The first kappa shape index (κ1) is 21.3. The second-order valence-corrected chi connectivity index (χ2v) is 10.4. The van der Waals surface area contributed by atoms with Gasteiger partial charge < -0.3 is 9.47 Å². The van der Waals surface area contributed by atoms with Crippen LogP contribution in [0.15, 0.2) is 29.4 Å². The SMILES string of the molecule is CCCn1cnnc1C1CN(C)CC12CCN(S(=O)(=O)c1ccc(F)cc1F)CC2. The molecule has 0 aliphatic carbocycles. The van der Waals surface area contributed by atoms with Crippen LogP contribution in [-0.2, 0) is 16.6 Å². The number of likely N-dealkylation sites (tertiary alicyclic amines) is 1. The molecule has 1 unspecified atom stereocenters. The lowest BCUT2D eigenvalue weighted by molar-refractivity contribution is 0.140. The Bertz CT molecular complexity index is 1020. The highest BCUT2D eigenvalue weighted by atomic mass is 32.2. The fourth-order valence-electron chi connectivity index (χ4n) is 5.02. The van der Waals surface area contributed by atoms with E-state index in [0.29, 0.717) is 32.0 Å². The van der Waals surface area contributed by atoms with Crippen molar-refractivity contribution in [1.82, 2.24) is 24.0 Å². The monoisotopic (exact) mass is 439 g/mol. The standard InChI is InChI=1S/C20H27F2N5O2S/c1-3-8-26-14-23-24-19(26)16-12-25(2)13-20(16)6-9-27(10-7-20)30(28,29)18-5-4-15(21)11-17(18)22/h4-5,11,14,16H,3,6-10,12-13H2,1-2H3. The van der Waals surface area contributed by atoms with E-state index in [1.807, 2.05) is 0 Å². The Morgan fingerprint density at radius 3 is 2.63 bits per heavy atom. The number of sulfonamides is 1. The largest absolute Gasteiger partial charge is 0.317 e. The molecule has 1 spiro atoms. The van der Waals surface area contributed by atoms with E-state index < -0.39 is 26.6 Å². The van der Waals surface area contributed by atoms with Crippen LogP contribution in [0.3, 0.4) is 0 Å². The maximum atomic E-state index is 14.1. The van der Waals surface area contributed by atoms with Crippen molar-refractivity contribution in [2.75, 3.05) is 33.2 Å². The minimum absolute atomic E-state index is 0.0966. The molecule has 1 aromatic carbocycles. The van der Waals surface area contributed by atoms with E-state index in [9.17, 15) is 17.2 Å². The molecule has 3 heterocycles. The third-order valence-electron chi connectivity index (χ3n) is 6.47. The lowest BCUT2D eigenvalue weighted by Crippen LogP contribution is -2.46. The summed E-state index contributed by atoms with van der Waals surface area (Å²) in [4.78, 5) is 1.79. The molecule has 10 heteroatoms. The van der Waals surface area contributed by atoms with Crippen molar-refractivity contribution in [3.05, 3.63) is 42.0 Å². The molecule has 1 atom stereocenters. The van der Waals surface area contributed by atoms with Gasteiger partial charge in [0.1, 0.15) is 28.7 Å². The van der Waals surface area contributed by atoms with Gasteiger partial charge in [0, 0.05) is 44.7 Å². The second-order valence-electron chi connectivity index (χ2n) is 8.47. The summed E-state index contributed by atoms with van der Waals surface area (Å²) in [7, 11) is -1.94. The van der Waals surface area contributed by atoms with Gasteiger partial charge in [0.15, 0.2) is 0 Å². The van der Waals surface area contributed by atoms with Crippen LogP contribution in [0.4, 0.5) is 8.78 Å². The maximum Gasteiger partial charge on any atom is 0.245 e. The summed E-state index contributed by atoms with van der Waals surface area (Å²) in [5.74, 6) is -0.718. The van der Waals surface area contributed by atoms with Gasteiger partial charge in [-0.15, -0.1) is 10.2 Å². The Hall–Kier alpha value is -1.91. The van der Waals surface area contributed by atoms with Gasteiger partial charge in [-0.1, -0.05) is 6.92 Å². The molecule has 0 radical (unpaired) electrons. The Morgan fingerprint density at radius 2 is 1.97 bits per heavy atom. The highest BCUT2D eigenvalue weighted by Crippen LogP contribution is 2.49. The molecule has 0 bridgehead atoms. The first-order valence-corrected chi connectivity index (χ1v) is 11.7. The van der Waals surface area contributed by atoms with E-state index in [4.69, 9.17) is 0 Å². The second kappa shape index (κ2) is 7.97. The number of nitrogens with zero attached hydrogens (tertiary/aromatic N) is 5. The van der Waals surface area contributed by atoms with E-state index in [1.165, 1.54) is 4.31 Å². The Morgan fingerprint density at radius 1 is 1.23 bits per heavy atom. The lowest BCUT2D eigenvalue weighted by Gasteiger charge is -2.41. The summed E-state index contributed by atoms with van der Waals surface area (Å²) in [6.07, 6.45) is 4.06. The zero-order chi connectivity index (χ0) is 21.5. The van der Waals surface area contributed by atoms with Crippen LogP contribution in [0, 0.1) is 17.0 Å². The predicted molar refractivity (Wildman–Crippen MR) is 107 cm³/mol. The van der Waals surface area contributed by atoms with Crippen molar-refractivity contribution in [3.8, 4) is 0 Å². The van der Waals surface area contributed by atoms with Gasteiger partial charge in [0.2, 0.25) is 10.0 Å². The summed E-state index contributed by atoms with van der Waals surface area (Å²) in [6.45, 7) is 5.26. The van der Waals surface area contributed by atoms with Gasteiger partial charge in [-0.05, 0) is 43.9 Å². The zero-order valence-corrected chi connectivity index (χ0v) is 18.1. The highest BCUT2D eigenvalue weighted by Gasteiger charge is 2.50. The molecular weight excluding hydrogens is 412 g/mol. The minimum Gasteiger partial charge on any atom is -0.317 e. The lowest BCUT2D eigenvalue weighted by atomic mass is 9.71. The average Bonchev–Trinajstić information content (AvgIpc) is 3.26. The molecule has 7 nitrogen and oxygen atoms in total. The van der Waals surface area contributed by atoms with Crippen molar-refractivity contribution < 1.29 is 17.2 Å². The molecule has 2 aliphatic rings. The van der Waals surface area contributed by atoms with E-state index in [0.717, 1.165) is 44.0 Å². The molecule has 0 N–H and O–H groups in total. The summed E-state index contributed by atoms with van der Waals surface area (Å²) < 4.78 is 56.7. The highest BCUT2D eigenvalue weighted by molar-refractivity contribution is 7.89. The number of aryl methyl sites for hydroxylation is 1. The molecule has 30 heavy (non-hydrogen) atoms. The molecule has 2 fully saturated rings. The number of benzene rings is 1. The van der Waals surface area contributed by atoms with Crippen molar-refractivity contribution in [1.29, 1.82) is 0 Å². The number of rotatable bonds is 5. The normalized spacial score (nSPS) is 22.7. The first-order valence-electron chi connectivity index (χ1n) is 10.3. The maximum absolute atomic E-state index is 14.1. The summed E-state index contributed by atoms with van der Waals surface area (Å²) in [6, 6.07) is 2.59. The van der Waals surface area contributed by atoms with Crippen molar-refractivity contribution in [2.45, 2.75) is 43.5 Å². The van der Waals surface area contributed by atoms with E-state index >= 15 is 0 Å². The van der Waals surface area contributed by atoms with Crippen LogP contribution in [0.5, 0.6) is 0 Å². The molecule has 2 aromatic rings. The van der Waals surface area contributed by atoms with Crippen LogP contribution in [0.25, 0.3) is 0 Å². The van der Waals surface area contributed by atoms with Crippen molar-refractivity contribution in [2.24, 2.45) is 5.41 Å². The van der Waals surface area contributed by atoms with Crippen molar-refractivity contribution >= 4 is 10.0 Å². The Balaban J connectivity index is 1.57. The predicted octanol–water partition coefficient (Wildman–Crippen LogP) is 2.47. The smallest absolute Gasteiger partial charge is 0.245 e. The number of hydrogen-bond acceptors (Lipinski definition) is 5. The topological polar surface area (TPSA) is 71.3 Å². The van der Waals surface area contributed by atoms with Crippen LogP contribution in [-0.4, -0.2) is 65.6 Å². The minimum atomic E-state index is -4.01. The van der Waals surface area contributed by atoms with Gasteiger partial charge in [-0.2, -0.15) is 4.31 Å². The van der Waals surface area contributed by atoms with Crippen molar-refractivity contribution in [3.63, 3.8) is 0 Å². The zero-order valence-electron chi connectivity index (χ0n) is 17.3. The molecule has 2 aliphatic heterocycles. The number of hydrogen-bond donors (Lipinski definition) is 0. The number of aromatic nitrogens is 3. The van der Waals surface area contributed by atoms with Gasteiger partial charge in [0.05, 0.1) is 0 Å². The molecule has 1 aromatic heterocycles. The van der Waals surface area contributed by atoms with E-state index in [2.05, 4.69) is 33.6 Å². The van der Waals surface area contributed by atoms with Gasteiger partial charge in [0.25, 0.3) is 0 Å². The fourth-order valence-corrected chi connectivity index (χ4v) is 6.51. The molecular formula is C20H27F2N5O2S. The fraction of sp³-hybridized carbons (Fsp3) is 0.600. The van der Waals surface area contributed by atoms with E-state index in [-0.39, 0.29) is 11.3 Å². The number of likely N-dealkylation sites (N-methyl/N-ethyl adjacent to an activating group) is 1. The van der Waals surface area contributed by atoms with Crippen LogP contribution in [0.1, 0.15) is 37.9 Å². The van der Waals surface area contributed by atoms with Gasteiger partial charge in [-0.25, -0.2) is 17.2 Å². The third kappa shape index (κ3) is 3.65. The number of halogens is 2. The summed E-state index contributed by atoms with van der Waals surface area (Å²) in [5.41, 5.74) is -0.0966. The molecule has 0 amide bonds. The van der Waals surface area contributed by atoms with Gasteiger partial charge in [-0.3, -0.25) is 0 Å². The molecule has 2 saturated heterocycles. The Kier molecular flexibility index (Phi) is 5.67. The summed E-state index contributed by atoms with van der Waals surface area (Å²) >= 11 is 0. The third-order valence-corrected chi connectivity index (χ3v) is 8.40. The summed E-state index contributed by atoms with van der Waals surface area (Å²) in [5, 5.41) is 8.52. The van der Waals surface area contributed by atoms with Gasteiger partial charge >= 0.3 is 0 Å². The Labute approximate surface area is 175 Å². The quantitative estimate of drug-likeness (QED) is 0.716. The molecule has 4 rings (SSSR count). The number of piperidine rings is 1. The van der Waals surface area contributed by atoms with Crippen LogP contribution in [0.2, 0.25) is 0 Å². The first-order chi connectivity index (χ1) is 14.3.